The molecule has 27 heavy (non-hydrogen) atoms. The maximum Gasteiger partial charge on any atom is 0.321 e. The second kappa shape index (κ2) is 7.23. The van der Waals surface area contributed by atoms with E-state index < -0.39 is 11.4 Å². The molecule has 0 spiro atoms. The lowest BCUT2D eigenvalue weighted by Gasteiger charge is -2.21. The van der Waals surface area contributed by atoms with Crippen LogP contribution in [0.25, 0.3) is 5.69 Å². The fraction of sp³-hybridized carbons (Fsp3) is 0.421. The number of rotatable bonds is 4. The first-order valence-electron chi connectivity index (χ1n) is 8.84. The van der Waals surface area contributed by atoms with Gasteiger partial charge in [-0.05, 0) is 43.5 Å². The van der Waals surface area contributed by atoms with E-state index in [-0.39, 0.29) is 18.5 Å². The van der Waals surface area contributed by atoms with Crippen molar-refractivity contribution in [2.45, 2.75) is 33.1 Å². The predicted molar refractivity (Wildman–Crippen MR) is 104 cm³/mol. The van der Waals surface area contributed by atoms with Crippen LogP contribution in [0.4, 0.5) is 10.5 Å². The van der Waals surface area contributed by atoms with E-state index in [0.29, 0.717) is 23.7 Å². The molecule has 0 saturated carbocycles. The Labute approximate surface area is 162 Å². The fourth-order valence-electron chi connectivity index (χ4n) is 3.30. The Kier molecular flexibility index (Phi) is 5.15. The molecule has 1 aromatic carbocycles. The molecule has 2 heterocycles. The van der Waals surface area contributed by atoms with Crippen molar-refractivity contribution in [1.82, 2.24) is 14.7 Å². The molecule has 0 bridgehead atoms. The summed E-state index contributed by atoms with van der Waals surface area (Å²) in [5.74, 6) is -0.766. The summed E-state index contributed by atoms with van der Waals surface area (Å²) >= 11 is 5.96. The number of anilines is 1. The Balaban J connectivity index is 1.82. The highest BCUT2D eigenvalue weighted by Crippen LogP contribution is 2.32. The van der Waals surface area contributed by atoms with E-state index >= 15 is 0 Å². The maximum absolute atomic E-state index is 12.7. The number of nitrogens with zero attached hydrogens (tertiary/aromatic N) is 3. The van der Waals surface area contributed by atoms with Gasteiger partial charge in [0.05, 0.1) is 28.7 Å². The zero-order chi connectivity index (χ0) is 19.8. The number of carbonyl (C=O) groups is 2. The molecule has 2 N–H and O–H groups in total. The number of aliphatic carboxylic acids is 1. The molecule has 144 valence electrons. The number of amides is 2. The normalized spacial score (nSPS) is 19.5. The van der Waals surface area contributed by atoms with Crippen molar-refractivity contribution in [3.05, 3.63) is 41.2 Å². The molecular formula is C19H23ClN4O3. The molecule has 2 amide bonds. The largest absolute Gasteiger partial charge is 0.481 e. The van der Waals surface area contributed by atoms with Crippen molar-refractivity contribution in [3.8, 4) is 5.69 Å². The van der Waals surface area contributed by atoms with Crippen molar-refractivity contribution >= 4 is 29.3 Å². The van der Waals surface area contributed by atoms with Crippen LogP contribution >= 0.6 is 11.6 Å². The Morgan fingerprint density at radius 1 is 1.30 bits per heavy atom. The Morgan fingerprint density at radius 3 is 2.52 bits per heavy atom. The summed E-state index contributed by atoms with van der Waals surface area (Å²) in [5, 5.41) is 17.3. The van der Waals surface area contributed by atoms with Gasteiger partial charge in [0.25, 0.3) is 0 Å². The molecule has 3 rings (SSSR count). The van der Waals surface area contributed by atoms with Crippen molar-refractivity contribution in [3.63, 3.8) is 0 Å². The van der Waals surface area contributed by atoms with E-state index in [9.17, 15) is 14.7 Å². The van der Waals surface area contributed by atoms with Crippen molar-refractivity contribution in [1.29, 1.82) is 0 Å². The number of urea groups is 1. The monoisotopic (exact) mass is 390 g/mol. The maximum atomic E-state index is 12.7. The molecule has 0 radical (unpaired) electrons. The molecule has 1 aromatic heterocycles. The van der Waals surface area contributed by atoms with Gasteiger partial charge in [-0.3, -0.25) is 4.79 Å². The number of carboxylic acids is 1. The van der Waals surface area contributed by atoms with E-state index in [1.54, 1.807) is 29.9 Å². The van der Waals surface area contributed by atoms with Gasteiger partial charge in [-0.25, -0.2) is 9.48 Å². The van der Waals surface area contributed by atoms with E-state index in [0.717, 1.165) is 11.4 Å². The molecule has 0 aliphatic carbocycles. The van der Waals surface area contributed by atoms with Crippen LogP contribution in [0, 0.1) is 5.41 Å². The third-order valence-electron chi connectivity index (χ3n) is 4.94. The highest BCUT2D eigenvalue weighted by molar-refractivity contribution is 6.30. The van der Waals surface area contributed by atoms with Crippen LogP contribution in [0.1, 0.15) is 38.8 Å². The summed E-state index contributed by atoms with van der Waals surface area (Å²) in [5.41, 5.74) is 1.44. The van der Waals surface area contributed by atoms with E-state index in [1.807, 2.05) is 26.0 Å². The van der Waals surface area contributed by atoms with Crippen LogP contribution in [-0.4, -0.2) is 44.9 Å². The van der Waals surface area contributed by atoms with Gasteiger partial charge in [0.15, 0.2) is 0 Å². The zero-order valence-electron chi connectivity index (χ0n) is 15.6. The zero-order valence-corrected chi connectivity index (χ0v) is 16.3. The second-order valence-corrected chi connectivity index (χ2v) is 7.89. The van der Waals surface area contributed by atoms with Crippen LogP contribution in [-0.2, 0) is 4.79 Å². The van der Waals surface area contributed by atoms with Gasteiger partial charge in [0, 0.05) is 18.1 Å². The average molecular weight is 391 g/mol. The first-order chi connectivity index (χ1) is 12.7. The fourth-order valence-corrected chi connectivity index (χ4v) is 3.43. The lowest BCUT2D eigenvalue weighted by molar-refractivity contribution is -0.146. The van der Waals surface area contributed by atoms with E-state index in [1.165, 1.54) is 4.90 Å². The summed E-state index contributed by atoms with van der Waals surface area (Å²) in [6.45, 7) is 6.32. The number of benzene rings is 1. The molecule has 1 atom stereocenters. The van der Waals surface area contributed by atoms with Crippen LogP contribution in [0.5, 0.6) is 0 Å². The summed E-state index contributed by atoms with van der Waals surface area (Å²) in [4.78, 5) is 25.6. The summed E-state index contributed by atoms with van der Waals surface area (Å²) in [6, 6.07) is 7.00. The first-order valence-corrected chi connectivity index (χ1v) is 9.22. The average Bonchev–Trinajstić information content (AvgIpc) is 3.20. The number of carboxylic acid groups (broad SMARTS) is 1. The Morgan fingerprint density at radius 2 is 1.96 bits per heavy atom. The molecule has 1 aliphatic heterocycles. The van der Waals surface area contributed by atoms with Gasteiger partial charge in [0.2, 0.25) is 0 Å². The van der Waals surface area contributed by atoms with Crippen LogP contribution < -0.4 is 5.32 Å². The van der Waals surface area contributed by atoms with E-state index in [4.69, 9.17) is 11.6 Å². The number of hydrogen-bond acceptors (Lipinski definition) is 3. The van der Waals surface area contributed by atoms with Crippen molar-refractivity contribution in [2.24, 2.45) is 5.41 Å². The third kappa shape index (κ3) is 3.78. The molecule has 1 saturated heterocycles. The summed E-state index contributed by atoms with van der Waals surface area (Å²) in [7, 11) is 0. The van der Waals surface area contributed by atoms with Gasteiger partial charge in [-0.15, -0.1) is 0 Å². The highest BCUT2D eigenvalue weighted by Gasteiger charge is 2.42. The number of aromatic nitrogens is 2. The van der Waals surface area contributed by atoms with E-state index in [2.05, 4.69) is 10.4 Å². The van der Waals surface area contributed by atoms with Gasteiger partial charge >= 0.3 is 12.0 Å². The van der Waals surface area contributed by atoms with Crippen molar-refractivity contribution in [2.75, 3.05) is 18.4 Å². The minimum absolute atomic E-state index is 0.112. The number of hydrogen-bond donors (Lipinski definition) is 2. The minimum Gasteiger partial charge on any atom is -0.481 e. The molecule has 7 nitrogen and oxygen atoms in total. The number of halogens is 1. The lowest BCUT2D eigenvalue weighted by atomic mass is 9.90. The Hall–Kier alpha value is -2.54. The number of nitrogens with one attached hydrogen (secondary N) is 1. The van der Waals surface area contributed by atoms with Crippen LogP contribution in [0.2, 0.25) is 5.02 Å². The van der Waals surface area contributed by atoms with Crippen LogP contribution in [0.3, 0.4) is 0 Å². The van der Waals surface area contributed by atoms with Crippen molar-refractivity contribution < 1.29 is 14.7 Å². The number of carbonyl (C=O) groups excluding carboxylic acids is 1. The van der Waals surface area contributed by atoms with Gasteiger partial charge in [0.1, 0.15) is 0 Å². The molecule has 1 unspecified atom stereocenters. The van der Waals surface area contributed by atoms with Gasteiger partial charge < -0.3 is 15.3 Å². The smallest absolute Gasteiger partial charge is 0.321 e. The summed E-state index contributed by atoms with van der Waals surface area (Å²) in [6.07, 6.45) is 2.06. The predicted octanol–water partition coefficient (Wildman–Crippen LogP) is 3.98. The van der Waals surface area contributed by atoms with Crippen LogP contribution in [0.15, 0.2) is 30.5 Å². The lowest BCUT2D eigenvalue weighted by Crippen LogP contribution is -2.37. The van der Waals surface area contributed by atoms with Gasteiger partial charge in [-0.1, -0.05) is 25.4 Å². The minimum atomic E-state index is -0.897. The molecule has 8 heteroatoms. The topological polar surface area (TPSA) is 87.5 Å². The van der Waals surface area contributed by atoms with Gasteiger partial charge in [-0.2, -0.15) is 5.10 Å². The number of likely N-dealkylation sites (tertiary alicyclic amines) is 1. The molecule has 1 fully saturated rings. The standard InChI is InChI=1S/C19H23ClN4O3/c1-12(2)16-15(10-21-24(16)14-6-4-13(20)5-7-14)22-18(27)23-9-8-19(3,11-23)17(25)26/h4-7,10,12H,8-9,11H2,1-3H3,(H,22,27)(H,25,26). The second-order valence-electron chi connectivity index (χ2n) is 7.45. The first kappa shape index (κ1) is 19.2. The molecular weight excluding hydrogens is 368 g/mol. The third-order valence-corrected chi connectivity index (χ3v) is 5.19. The SMILES string of the molecule is CC(C)c1c(NC(=O)N2CCC(C)(C(=O)O)C2)cnn1-c1ccc(Cl)cc1. The molecule has 1 aliphatic rings. The summed E-state index contributed by atoms with van der Waals surface area (Å²) < 4.78 is 1.78. The highest BCUT2D eigenvalue weighted by atomic mass is 35.5. The Bertz CT molecular complexity index is 862. The molecule has 2 aromatic rings. The quantitative estimate of drug-likeness (QED) is 0.826.